The van der Waals surface area contributed by atoms with E-state index in [0.717, 1.165) is 39.8 Å². The summed E-state index contributed by atoms with van der Waals surface area (Å²) in [6.07, 6.45) is 2.54. The molecule has 2 aromatic rings. The lowest BCUT2D eigenvalue weighted by Gasteiger charge is -2.21. The Morgan fingerprint density at radius 2 is 1.75 bits per heavy atom. The van der Waals surface area contributed by atoms with Crippen LogP contribution >= 0.6 is 15.9 Å². The van der Waals surface area contributed by atoms with E-state index in [4.69, 9.17) is 0 Å². The van der Waals surface area contributed by atoms with Gasteiger partial charge in [-0.3, -0.25) is 14.5 Å². The van der Waals surface area contributed by atoms with Crippen LogP contribution in [0.4, 0.5) is 11.4 Å². The standard InChI is InChI=1S/C22H26BrN3O2/c1-15-3-4-16(2)20(13-15)25-22(28)14-26(19-9-10-19)12-11-21(27)24-18-7-5-17(23)6-8-18/h3-8,13,19H,9-12,14H2,1-2H3,(H,24,27)(H,25,28). The van der Waals surface area contributed by atoms with Crippen LogP contribution in [-0.4, -0.2) is 35.8 Å². The highest BCUT2D eigenvalue weighted by Gasteiger charge is 2.30. The molecule has 0 unspecified atom stereocenters. The number of aryl methyl sites for hydroxylation is 2. The summed E-state index contributed by atoms with van der Waals surface area (Å²) in [5.41, 5.74) is 3.79. The Kier molecular flexibility index (Phi) is 6.86. The highest BCUT2D eigenvalue weighted by molar-refractivity contribution is 9.10. The monoisotopic (exact) mass is 443 g/mol. The van der Waals surface area contributed by atoms with Gasteiger partial charge in [0.25, 0.3) is 0 Å². The first-order valence-corrected chi connectivity index (χ1v) is 10.4. The molecule has 0 spiro atoms. The number of rotatable bonds is 8. The van der Waals surface area contributed by atoms with Crippen molar-refractivity contribution >= 4 is 39.1 Å². The number of carbonyl (C=O) groups is 2. The first kappa shape index (κ1) is 20.6. The second-order valence-corrected chi connectivity index (χ2v) is 8.29. The molecule has 0 saturated heterocycles. The normalized spacial score (nSPS) is 13.4. The molecule has 148 valence electrons. The van der Waals surface area contributed by atoms with Crippen LogP contribution in [0.3, 0.4) is 0 Å². The van der Waals surface area contributed by atoms with Gasteiger partial charge in [-0.15, -0.1) is 0 Å². The average molecular weight is 444 g/mol. The van der Waals surface area contributed by atoms with Gasteiger partial charge in [0.15, 0.2) is 0 Å². The fraction of sp³-hybridized carbons (Fsp3) is 0.364. The molecule has 0 radical (unpaired) electrons. The Bertz CT molecular complexity index is 847. The van der Waals surface area contributed by atoms with Crippen molar-refractivity contribution in [1.29, 1.82) is 0 Å². The Balaban J connectivity index is 1.50. The molecule has 0 atom stereocenters. The second kappa shape index (κ2) is 9.34. The maximum Gasteiger partial charge on any atom is 0.238 e. The molecule has 0 aromatic heterocycles. The molecule has 3 rings (SSSR count). The first-order valence-electron chi connectivity index (χ1n) is 9.57. The molecule has 5 nitrogen and oxygen atoms in total. The number of nitrogens with one attached hydrogen (secondary N) is 2. The van der Waals surface area contributed by atoms with Crippen LogP contribution in [0.2, 0.25) is 0 Å². The zero-order valence-electron chi connectivity index (χ0n) is 16.3. The van der Waals surface area contributed by atoms with E-state index in [0.29, 0.717) is 25.6 Å². The molecular formula is C22H26BrN3O2. The van der Waals surface area contributed by atoms with Crippen LogP contribution in [0.25, 0.3) is 0 Å². The van der Waals surface area contributed by atoms with E-state index in [1.807, 2.05) is 56.3 Å². The third-order valence-electron chi connectivity index (χ3n) is 4.83. The van der Waals surface area contributed by atoms with Crippen molar-refractivity contribution in [1.82, 2.24) is 4.90 Å². The number of hydrogen-bond acceptors (Lipinski definition) is 3. The summed E-state index contributed by atoms with van der Waals surface area (Å²) in [5, 5.41) is 5.92. The largest absolute Gasteiger partial charge is 0.326 e. The maximum atomic E-state index is 12.5. The molecule has 1 aliphatic rings. The molecule has 2 amide bonds. The van der Waals surface area contributed by atoms with Crippen LogP contribution in [-0.2, 0) is 9.59 Å². The topological polar surface area (TPSA) is 61.4 Å². The molecule has 1 saturated carbocycles. The Morgan fingerprint density at radius 1 is 1.04 bits per heavy atom. The van der Waals surface area contributed by atoms with Gasteiger partial charge >= 0.3 is 0 Å². The summed E-state index contributed by atoms with van der Waals surface area (Å²) in [5.74, 6) is -0.0724. The van der Waals surface area contributed by atoms with Crippen LogP contribution in [0.15, 0.2) is 46.9 Å². The smallest absolute Gasteiger partial charge is 0.238 e. The van der Waals surface area contributed by atoms with Crippen molar-refractivity contribution in [2.24, 2.45) is 0 Å². The predicted molar refractivity (Wildman–Crippen MR) is 117 cm³/mol. The zero-order valence-corrected chi connectivity index (χ0v) is 17.9. The van der Waals surface area contributed by atoms with Crippen LogP contribution in [0.5, 0.6) is 0 Å². The number of nitrogens with zero attached hydrogens (tertiary/aromatic N) is 1. The summed E-state index contributed by atoms with van der Waals surface area (Å²) in [4.78, 5) is 26.9. The van der Waals surface area contributed by atoms with Gasteiger partial charge in [-0.1, -0.05) is 28.1 Å². The molecule has 2 N–H and O–H groups in total. The predicted octanol–water partition coefficient (Wildman–Crippen LogP) is 4.50. The van der Waals surface area contributed by atoms with Crippen molar-refractivity contribution in [3.63, 3.8) is 0 Å². The van der Waals surface area contributed by atoms with E-state index in [1.165, 1.54) is 0 Å². The number of carbonyl (C=O) groups excluding carboxylic acids is 2. The van der Waals surface area contributed by atoms with Crippen molar-refractivity contribution in [3.05, 3.63) is 58.1 Å². The number of anilines is 2. The minimum Gasteiger partial charge on any atom is -0.326 e. The fourth-order valence-electron chi connectivity index (χ4n) is 3.08. The number of hydrogen-bond donors (Lipinski definition) is 2. The van der Waals surface area contributed by atoms with E-state index in [1.54, 1.807) is 0 Å². The molecule has 0 aliphatic heterocycles. The van der Waals surface area contributed by atoms with E-state index < -0.39 is 0 Å². The second-order valence-electron chi connectivity index (χ2n) is 7.37. The Morgan fingerprint density at radius 3 is 2.43 bits per heavy atom. The Labute approximate surface area is 174 Å². The summed E-state index contributed by atoms with van der Waals surface area (Å²) >= 11 is 3.38. The van der Waals surface area contributed by atoms with Crippen molar-refractivity contribution in [2.45, 2.75) is 39.2 Å². The van der Waals surface area contributed by atoms with Crippen LogP contribution in [0, 0.1) is 13.8 Å². The van der Waals surface area contributed by atoms with Gasteiger partial charge in [-0.2, -0.15) is 0 Å². The summed E-state index contributed by atoms with van der Waals surface area (Å²) in [7, 11) is 0. The van der Waals surface area contributed by atoms with Gasteiger partial charge in [-0.05, 0) is 68.1 Å². The van der Waals surface area contributed by atoms with Gasteiger partial charge in [0.1, 0.15) is 0 Å². The van der Waals surface area contributed by atoms with Crippen LogP contribution in [0.1, 0.15) is 30.4 Å². The Hall–Kier alpha value is -2.18. The van der Waals surface area contributed by atoms with Gasteiger partial charge in [0, 0.05) is 34.9 Å². The summed E-state index contributed by atoms with van der Waals surface area (Å²) < 4.78 is 0.972. The highest BCUT2D eigenvalue weighted by Crippen LogP contribution is 2.27. The third-order valence-corrected chi connectivity index (χ3v) is 5.36. The maximum absolute atomic E-state index is 12.5. The molecule has 0 heterocycles. The van der Waals surface area contributed by atoms with Gasteiger partial charge in [0.2, 0.25) is 11.8 Å². The molecule has 28 heavy (non-hydrogen) atoms. The number of halogens is 1. The molecular weight excluding hydrogens is 418 g/mol. The minimum atomic E-state index is -0.0390. The molecule has 1 fully saturated rings. The lowest BCUT2D eigenvalue weighted by Crippen LogP contribution is -2.37. The third kappa shape index (κ3) is 6.17. The van der Waals surface area contributed by atoms with Crippen LogP contribution < -0.4 is 10.6 Å². The average Bonchev–Trinajstić information content (AvgIpc) is 3.49. The van der Waals surface area contributed by atoms with Crippen molar-refractivity contribution in [3.8, 4) is 0 Å². The lowest BCUT2D eigenvalue weighted by molar-refractivity contribution is -0.119. The zero-order chi connectivity index (χ0) is 20.1. The highest BCUT2D eigenvalue weighted by atomic mass is 79.9. The lowest BCUT2D eigenvalue weighted by atomic mass is 10.1. The van der Waals surface area contributed by atoms with Crippen molar-refractivity contribution in [2.75, 3.05) is 23.7 Å². The van der Waals surface area contributed by atoms with E-state index in [-0.39, 0.29) is 11.8 Å². The van der Waals surface area contributed by atoms with Crippen molar-refractivity contribution < 1.29 is 9.59 Å². The minimum absolute atomic E-state index is 0.0334. The van der Waals surface area contributed by atoms with Gasteiger partial charge in [-0.25, -0.2) is 0 Å². The van der Waals surface area contributed by atoms with E-state index >= 15 is 0 Å². The molecule has 6 heteroatoms. The van der Waals surface area contributed by atoms with E-state index in [9.17, 15) is 9.59 Å². The van der Waals surface area contributed by atoms with Gasteiger partial charge < -0.3 is 10.6 Å². The van der Waals surface area contributed by atoms with Gasteiger partial charge in [0.05, 0.1) is 6.54 Å². The summed E-state index contributed by atoms with van der Waals surface area (Å²) in [6.45, 7) is 4.88. The molecule has 0 bridgehead atoms. The molecule has 1 aliphatic carbocycles. The first-order chi connectivity index (χ1) is 13.4. The summed E-state index contributed by atoms with van der Waals surface area (Å²) in [6, 6.07) is 13.9. The van der Waals surface area contributed by atoms with E-state index in [2.05, 4.69) is 31.5 Å². The number of amides is 2. The quantitative estimate of drug-likeness (QED) is 0.631. The SMILES string of the molecule is Cc1ccc(C)c(NC(=O)CN(CCC(=O)Nc2ccc(Br)cc2)C2CC2)c1. The number of benzene rings is 2. The molecule has 2 aromatic carbocycles. The fourth-order valence-corrected chi connectivity index (χ4v) is 3.34.